The van der Waals surface area contributed by atoms with Gasteiger partial charge in [-0.1, -0.05) is 36.3 Å². The van der Waals surface area contributed by atoms with Crippen LogP contribution in [0.4, 0.5) is 0 Å². The van der Waals surface area contributed by atoms with Crippen LogP contribution >= 0.6 is 0 Å². The lowest BCUT2D eigenvalue weighted by molar-refractivity contribution is -0.137. The van der Waals surface area contributed by atoms with Crippen molar-refractivity contribution in [3.05, 3.63) is 35.7 Å². The van der Waals surface area contributed by atoms with Gasteiger partial charge >= 0.3 is 5.97 Å². The number of aliphatic carboxylic acids is 1. The van der Waals surface area contributed by atoms with Gasteiger partial charge in [-0.3, -0.25) is 4.79 Å². The topological polar surface area (TPSA) is 76.2 Å². The molecule has 1 aromatic heterocycles. The maximum Gasteiger partial charge on any atom is 0.303 e. The lowest BCUT2D eigenvalue weighted by Crippen LogP contribution is -1.95. The second kappa shape index (κ2) is 6.84. The molecule has 2 rings (SSSR count). The Morgan fingerprint density at radius 3 is 2.65 bits per heavy atom. The first kappa shape index (κ1) is 14.2. The molecule has 0 unspecified atom stereocenters. The fourth-order valence-electron chi connectivity index (χ4n) is 1.92. The van der Waals surface area contributed by atoms with Crippen LogP contribution in [0.15, 0.2) is 28.8 Å². The van der Waals surface area contributed by atoms with Gasteiger partial charge in [0.25, 0.3) is 0 Å². The number of carbonyl (C=O) groups is 1. The Morgan fingerprint density at radius 1 is 1.25 bits per heavy atom. The Bertz CT molecular complexity index is 561. The minimum Gasteiger partial charge on any atom is -0.481 e. The van der Waals surface area contributed by atoms with E-state index in [4.69, 9.17) is 9.63 Å². The van der Waals surface area contributed by atoms with E-state index in [2.05, 4.69) is 29.2 Å². The van der Waals surface area contributed by atoms with E-state index in [1.54, 1.807) is 0 Å². The Morgan fingerprint density at radius 2 is 2.00 bits per heavy atom. The zero-order valence-corrected chi connectivity index (χ0v) is 11.5. The smallest absolute Gasteiger partial charge is 0.303 e. The number of carboxylic acid groups (broad SMARTS) is 1. The zero-order chi connectivity index (χ0) is 14.4. The van der Waals surface area contributed by atoms with Crippen molar-refractivity contribution in [3.63, 3.8) is 0 Å². The summed E-state index contributed by atoms with van der Waals surface area (Å²) in [6.45, 7) is 2.11. The molecular weight excluding hydrogens is 256 g/mol. The van der Waals surface area contributed by atoms with E-state index in [9.17, 15) is 4.79 Å². The number of aromatic nitrogens is 2. The SMILES string of the molecule is CCc1ccc(-c2noc(CCCCC(=O)O)n2)cc1. The zero-order valence-electron chi connectivity index (χ0n) is 11.5. The third-order valence-electron chi connectivity index (χ3n) is 3.12. The van der Waals surface area contributed by atoms with Crippen molar-refractivity contribution >= 4 is 5.97 Å². The number of hydrogen-bond acceptors (Lipinski definition) is 4. The van der Waals surface area contributed by atoms with Crippen LogP contribution in [0.25, 0.3) is 11.4 Å². The van der Waals surface area contributed by atoms with E-state index in [-0.39, 0.29) is 6.42 Å². The van der Waals surface area contributed by atoms with Crippen molar-refractivity contribution in [1.82, 2.24) is 10.1 Å². The van der Waals surface area contributed by atoms with Crippen molar-refractivity contribution in [3.8, 4) is 11.4 Å². The van der Waals surface area contributed by atoms with Gasteiger partial charge in [0.2, 0.25) is 11.7 Å². The number of carboxylic acids is 1. The highest BCUT2D eigenvalue weighted by molar-refractivity contribution is 5.66. The number of nitrogens with zero attached hydrogens (tertiary/aromatic N) is 2. The van der Waals surface area contributed by atoms with Gasteiger partial charge in [0, 0.05) is 18.4 Å². The maximum absolute atomic E-state index is 10.4. The molecule has 0 atom stereocenters. The highest BCUT2D eigenvalue weighted by atomic mass is 16.5. The minimum absolute atomic E-state index is 0.180. The fraction of sp³-hybridized carbons (Fsp3) is 0.400. The van der Waals surface area contributed by atoms with Crippen LogP contribution in [0.3, 0.4) is 0 Å². The van der Waals surface area contributed by atoms with Crippen LogP contribution in [-0.2, 0) is 17.6 Å². The van der Waals surface area contributed by atoms with Gasteiger partial charge in [0.05, 0.1) is 0 Å². The molecule has 1 N–H and O–H groups in total. The molecule has 1 heterocycles. The molecule has 0 radical (unpaired) electrons. The van der Waals surface area contributed by atoms with Crippen molar-refractivity contribution in [1.29, 1.82) is 0 Å². The van der Waals surface area contributed by atoms with Crippen LogP contribution in [-0.4, -0.2) is 21.2 Å². The van der Waals surface area contributed by atoms with E-state index in [1.165, 1.54) is 5.56 Å². The summed E-state index contributed by atoms with van der Waals surface area (Å²) in [4.78, 5) is 14.7. The third kappa shape index (κ3) is 3.91. The molecule has 0 saturated heterocycles. The first-order valence-corrected chi connectivity index (χ1v) is 6.82. The average Bonchev–Trinajstić information content (AvgIpc) is 2.92. The Hall–Kier alpha value is -2.17. The maximum atomic E-state index is 10.4. The molecule has 0 aliphatic heterocycles. The van der Waals surface area contributed by atoms with Crippen molar-refractivity contribution in [2.75, 3.05) is 0 Å². The predicted molar refractivity (Wildman–Crippen MR) is 74.3 cm³/mol. The van der Waals surface area contributed by atoms with Crippen LogP contribution in [0.1, 0.15) is 37.6 Å². The van der Waals surface area contributed by atoms with Crippen molar-refractivity contribution < 1.29 is 14.4 Å². The molecule has 5 heteroatoms. The lowest BCUT2D eigenvalue weighted by Gasteiger charge is -1.97. The van der Waals surface area contributed by atoms with E-state index in [0.29, 0.717) is 24.6 Å². The van der Waals surface area contributed by atoms with E-state index < -0.39 is 5.97 Å². The standard InChI is InChI=1S/C15H18N2O3/c1-2-11-7-9-12(10-8-11)15-16-13(20-17-15)5-3-4-6-14(18)19/h7-10H,2-6H2,1H3,(H,18,19). The molecule has 20 heavy (non-hydrogen) atoms. The van der Waals surface area contributed by atoms with Crippen LogP contribution in [0.5, 0.6) is 0 Å². The van der Waals surface area contributed by atoms with Crippen molar-refractivity contribution in [2.24, 2.45) is 0 Å². The van der Waals surface area contributed by atoms with Gasteiger partial charge in [-0.05, 0) is 24.8 Å². The number of aryl methyl sites for hydroxylation is 2. The molecule has 0 saturated carbocycles. The quantitative estimate of drug-likeness (QED) is 0.785. The normalized spacial score (nSPS) is 10.7. The number of benzene rings is 1. The average molecular weight is 274 g/mol. The van der Waals surface area contributed by atoms with Gasteiger partial charge in [0.15, 0.2) is 0 Å². The van der Waals surface area contributed by atoms with Gasteiger partial charge in [-0.25, -0.2) is 0 Å². The van der Waals surface area contributed by atoms with Crippen LogP contribution < -0.4 is 0 Å². The Labute approximate surface area is 117 Å². The van der Waals surface area contributed by atoms with Crippen LogP contribution in [0, 0.1) is 0 Å². The highest BCUT2D eigenvalue weighted by Crippen LogP contribution is 2.17. The molecule has 0 fully saturated rings. The summed E-state index contributed by atoms with van der Waals surface area (Å²) < 4.78 is 5.17. The first-order valence-electron chi connectivity index (χ1n) is 6.82. The monoisotopic (exact) mass is 274 g/mol. The highest BCUT2D eigenvalue weighted by Gasteiger charge is 2.08. The van der Waals surface area contributed by atoms with Gasteiger partial charge in [-0.15, -0.1) is 0 Å². The fourth-order valence-corrected chi connectivity index (χ4v) is 1.92. The second-order valence-corrected chi connectivity index (χ2v) is 4.66. The van der Waals surface area contributed by atoms with Crippen LogP contribution in [0.2, 0.25) is 0 Å². The molecule has 0 aliphatic carbocycles. The van der Waals surface area contributed by atoms with E-state index in [1.807, 2.05) is 12.1 Å². The van der Waals surface area contributed by atoms with Crippen molar-refractivity contribution in [2.45, 2.75) is 39.0 Å². The summed E-state index contributed by atoms with van der Waals surface area (Å²) in [6.07, 6.45) is 3.16. The molecule has 2 aromatic rings. The summed E-state index contributed by atoms with van der Waals surface area (Å²) >= 11 is 0. The largest absolute Gasteiger partial charge is 0.481 e. The first-order chi connectivity index (χ1) is 9.69. The second-order valence-electron chi connectivity index (χ2n) is 4.66. The van der Waals surface area contributed by atoms with E-state index >= 15 is 0 Å². The summed E-state index contributed by atoms with van der Waals surface area (Å²) in [5.41, 5.74) is 2.20. The number of rotatable bonds is 7. The van der Waals surface area contributed by atoms with E-state index in [0.717, 1.165) is 18.4 Å². The summed E-state index contributed by atoms with van der Waals surface area (Å²) in [7, 11) is 0. The number of unbranched alkanes of at least 4 members (excludes halogenated alkanes) is 1. The molecule has 0 amide bonds. The third-order valence-corrected chi connectivity index (χ3v) is 3.12. The molecule has 1 aromatic carbocycles. The van der Waals surface area contributed by atoms with Gasteiger partial charge in [-0.2, -0.15) is 4.98 Å². The summed E-state index contributed by atoms with van der Waals surface area (Å²) in [5.74, 6) is 0.373. The minimum atomic E-state index is -0.771. The summed E-state index contributed by atoms with van der Waals surface area (Å²) in [6, 6.07) is 8.08. The molecule has 0 aliphatic rings. The molecular formula is C15H18N2O3. The van der Waals surface area contributed by atoms with Gasteiger partial charge in [0.1, 0.15) is 0 Å². The van der Waals surface area contributed by atoms with Gasteiger partial charge < -0.3 is 9.63 Å². The predicted octanol–water partition coefficient (Wildman–Crippen LogP) is 3.10. The number of hydrogen-bond donors (Lipinski definition) is 1. The summed E-state index contributed by atoms with van der Waals surface area (Å²) in [5, 5.41) is 12.5. The molecule has 0 spiro atoms. The molecule has 5 nitrogen and oxygen atoms in total. The Balaban J connectivity index is 1.92. The lowest BCUT2D eigenvalue weighted by atomic mass is 10.1. The molecule has 0 bridgehead atoms. The Kier molecular flexibility index (Phi) is 4.87. The molecule has 106 valence electrons.